The van der Waals surface area contributed by atoms with Crippen molar-refractivity contribution >= 4 is 27.8 Å². The van der Waals surface area contributed by atoms with Crippen LogP contribution < -0.4 is 10.1 Å². The molecule has 0 fully saturated rings. The predicted octanol–water partition coefficient (Wildman–Crippen LogP) is 2.93. The summed E-state index contributed by atoms with van der Waals surface area (Å²) in [7, 11) is 1.33. The number of amides is 1. The Bertz CT molecular complexity index is 685. The highest BCUT2D eigenvalue weighted by molar-refractivity contribution is 9.10. The van der Waals surface area contributed by atoms with E-state index < -0.39 is 0 Å². The van der Waals surface area contributed by atoms with E-state index in [9.17, 15) is 9.59 Å². The van der Waals surface area contributed by atoms with Gasteiger partial charge in [0.15, 0.2) is 6.61 Å². The minimum Gasteiger partial charge on any atom is -0.483 e. The van der Waals surface area contributed by atoms with Crippen LogP contribution in [0.2, 0.25) is 0 Å². The fourth-order valence-electron chi connectivity index (χ4n) is 1.83. The van der Waals surface area contributed by atoms with Gasteiger partial charge < -0.3 is 14.8 Å². The SMILES string of the molecule is COC(=O)c1ccc(CNC(=O)COc2ccccc2Br)cc1. The molecule has 1 N–H and O–H groups in total. The highest BCUT2D eigenvalue weighted by Crippen LogP contribution is 2.23. The Kier molecular flexibility index (Phi) is 6.17. The Morgan fingerprint density at radius 2 is 1.78 bits per heavy atom. The zero-order chi connectivity index (χ0) is 16.7. The summed E-state index contributed by atoms with van der Waals surface area (Å²) < 4.78 is 10.9. The molecule has 0 aromatic heterocycles. The van der Waals surface area contributed by atoms with Gasteiger partial charge >= 0.3 is 5.97 Å². The third-order valence-electron chi connectivity index (χ3n) is 3.06. The van der Waals surface area contributed by atoms with Crippen LogP contribution in [-0.4, -0.2) is 25.6 Å². The molecule has 0 spiro atoms. The highest BCUT2D eigenvalue weighted by atomic mass is 79.9. The van der Waals surface area contributed by atoms with Crippen molar-refractivity contribution in [1.29, 1.82) is 0 Å². The smallest absolute Gasteiger partial charge is 0.337 e. The number of methoxy groups -OCH3 is 1. The van der Waals surface area contributed by atoms with Crippen LogP contribution in [0.25, 0.3) is 0 Å². The molecular formula is C17H16BrNO4. The molecule has 120 valence electrons. The largest absolute Gasteiger partial charge is 0.483 e. The molecule has 0 saturated heterocycles. The lowest BCUT2D eigenvalue weighted by molar-refractivity contribution is -0.123. The maximum absolute atomic E-state index is 11.8. The lowest BCUT2D eigenvalue weighted by Crippen LogP contribution is -2.28. The monoisotopic (exact) mass is 377 g/mol. The number of hydrogen-bond donors (Lipinski definition) is 1. The quantitative estimate of drug-likeness (QED) is 0.786. The normalized spacial score (nSPS) is 10.0. The van der Waals surface area contributed by atoms with Crippen molar-refractivity contribution in [3.63, 3.8) is 0 Å². The van der Waals surface area contributed by atoms with Crippen LogP contribution in [0.4, 0.5) is 0 Å². The molecule has 1 amide bonds. The van der Waals surface area contributed by atoms with E-state index in [1.54, 1.807) is 30.3 Å². The van der Waals surface area contributed by atoms with Gasteiger partial charge in [0, 0.05) is 6.54 Å². The fourth-order valence-corrected chi connectivity index (χ4v) is 2.23. The Morgan fingerprint density at radius 1 is 1.09 bits per heavy atom. The van der Waals surface area contributed by atoms with E-state index in [1.807, 2.05) is 18.2 Å². The number of carbonyl (C=O) groups excluding carboxylic acids is 2. The first-order valence-corrected chi connectivity index (χ1v) is 7.70. The Morgan fingerprint density at radius 3 is 2.43 bits per heavy atom. The van der Waals surface area contributed by atoms with Crippen molar-refractivity contribution in [2.75, 3.05) is 13.7 Å². The Hall–Kier alpha value is -2.34. The van der Waals surface area contributed by atoms with E-state index in [0.717, 1.165) is 10.0 Å². The number of nitrogens with one attached hydrogen (secondary N) is 1. The number of halogens is 1. The van der Waals surface area contributed by atoms with E-state index in [-0.39, 0.29) is 18.5 Å². The van der Waals surface area contributed by atoms with E-state index >= 15 is 0 Å². The predicted molar refractivity (Wildman–Crippen MR) is 89.3 cm³/mol. The molecule has 6 heteroatoms. The first-order valence-electron chi connectivity index (χ1n) is 6.91. The first kappa shape index (κ1) is 17.0. The van der Waals surface area contributed by atoms with Crippen LogP contribution in [0.1, 0.15) is 15.9 Å². The van der Waals surface area contributed by atoms with E-state index in [0.29, 0.717) is 17.9 Å². The van der Waals surface area contributed by atoms with Gasteiger partial charge in [-0.2, -0.15) is 0 Å². The van der Waals surface area contributed by atoms with Gasteiger partial charge in [0.05, 0.1) is 17.1 Å². The topological polar surface area (TPSA) is 64.6 Å². The van der Waals surface area contributed by atoms with Crippen LogP contribution >= 0.6 is 15.9 Å². The second-order valence-corrected chi connectivity index (χ2v) is 5.54. The molecule has 5 nitrogen and oxygen atoms in total. The number of hydrogen-bond acceptors (Lipinski definition) is 4. The van der Waals surface area contributed by atoms with Crippen molar-refractivity contribution in [3.05, 3.63) is 64.1 Å². The molecule has 0 aliphatic carbocycles. The summed E-state index contributed by atoms with van der Waals surface area (Å²) in [4.78, 5) is 23.1. The molecule has 0 bridgehead atoms. The van der Waals surface area contributed by atoms with Crippen molar-refractivity contribution in [3.8, 4) is 5.75 Å². The zero-order valence-corrected chi connectivity index (χ0v) is 14.1. The molecule has 0 aliphatic heterocycles. The Labute approximate surface area is 142 Å². The number of para-hydroxylation sites is 1. The lowest BCUT2D eigenvalue weighted by Gasteiger charge is -2.09. The van der Waals surface area contributed by atoms with Gasteiger partial charge in [-0.05, 0) is 45.8 Å². The summed E-state index contributed by atoms with van der Waals surface area (Å²) >= 11 is 3.35. The van der Waals surface area contributed by atoms with Crippen LogP contribution in [0.5, 0.6) is 5.75 Å². The fraction of sp³-hybridized carbons (Fsp3) is 0.176. The van der Waals surface area contributed by atoms with Crippen molar-refractivity contribution in [2.24, 2.45) is 0 Å². The van der Waals surface area contributed by atoms with Gasteiger partial charge in [-0.1, -0.05) is 24.3 Å². The zero-order valence-electron chi connectivity index (χ0n) is 12.5. The number of ether oxygens (including phenoxy) is 2. The summed E-state index contributed by atoms with van der Waals surface area (Å²) in [6, 6.07) is 14.2. The van der Waals surface area contributed by atoms with Gasteiger partial charge in [0.1, 0.15) is 5.75 Å². The second kappa shape index (κ2) is 8.33. The summed E-state index contributed by atoms with van der Waals surface area (Å²) in [6.45, 7) is 0.294. The minimum absolute atomic E-state index is 0.0666. The maximum Gasteiger partial charge on any atom is 0.337 e. The molecule has 2 aromatic carbocycles. The summed E-state index contributed by atoms with van der Waals surface area (Å²) in [6.07, 6.45) is 0. The molecule has 0 atom stereocenters. The van der Waals surface area contributed by atoms with E-state index in [4.69, 9.17) is 4.74 Å². The third kappa shape index (κ3) is 5.10. The minimum atomic E-state index is -0.387. The van der Waals surface area contributed by atoms with E-state index in [2.05, 4.69) is 26.0 Å². The van der Waals surface area contributed by atoms with Crippen molar-refractivity contribution in [1.82, 2.24) is 5.32 Å². The summed E-state index contributed by atoms with van der Waals surface area (Å²) in [5, 5.41) is 2.76. The number of benzene rings is 2. The Balaban J connectivity index is 1.80. The highest BCUT2D eigenvalue weighted by Gasteiger charge is 2.07. The van der Waals surface area contributed by atoms with Crippen LogP contribution in [0.15, 0.2) is 53.0 Å². The van der Waals surface area contributed by atoms with Gasteiger partial charge in [0.2, 0.25) is 0 Å². The number of rotatable bonds is 6. The molecule has 23 heavy (non-hydrogen) atoms. The number of esters is 1. The van der Waals surface area contributed by atoms with Crippen LogP contribution in [0.3, 0.4) is 0 Å². The van der Waals surface area contributed by atoms with Crippen molar-refractivity contribution in [2.45, 2.75) is 6.54 Å². The average Bonchev–Trinajstić information content (AvgIpc) is 2.59. The average molecular weight is 378 g/mol. The molecule has 0 radical (unpaired) electrons. The van der Waals surface area contributed by atoms with Gasteiger partial charge in [-0.3, -0.25) is 4.79 Å². The first-order chi connectivity index (χ1) is 11.1. The van der Waals surface area contributed by atoms with E-state index in [1.165, 1.54) is 7.11 Å². The molecule has 0 heterocycles. The molecule has 0 saturated carbocycles. The third-order valence-corrected chi connectivity index (χ3v) is 3.72. The standard InChI is InChI=1S/C17H16BrNO4/c1-22-17(21)13-8-6-12(7-9-13)10-19-16(20)11-23-15-5-3-2-4-14(15)18/h2-9H,10-11H2,1H3,(H,19,20). The molecule has 0 unspecified atom stereocenters. The number of carbonyl (C=O) groups is 2. The van der Waals surface area contributed by atoms with Crippen LogP contribution in [0, 0.1) is 0 Å². The lowest BCUT2D eigenvalue weighted by atomic mass is 10.1. The summed E-state index contributed by atoms with van der Waals surface area (Å²) in [5.41, 5.74) is 1.35. The molecule has 0 aliphatic rings. The van der Waals surface area contributed by atoms with Crippen LogP contribution in [-0.2, 0) is 16.1 Å². The van der Waals surface area contributed by atoms with Gasteiger partial charge in [-0.15, -0.1) is 0 Å². The maximum atomic E-state index is 11.8. The molecule has 2 rings (SSSR count). The molecule has 2 aromatic rings. The van der Waals surface area contributed by atoms with Gasteiger partial charge in [0.25, 0.3) is 5.91 Å². The van der Waals surface area contributed by atoms with Crippen molar-refractivity contribution < 1.29 is 19.1 Å². The molecular weight excluding hydrogens is 362 g/mol. The summed E-state index contributed by atoms with van der Waals surface area (Å²) in [5.74, 6) is 0.00491. The van der Waals surface area contributed by atoms with Gasteiger partial charge in [-0.25, -0.2) is 4.79 Å². The second-order valence-electron chi connectivity index (χ2n) is 4.68.